The number of benzene rings is 1. The molecule has 1 N–H and O–H groups in total. The number of fused-ring (bicyclic) bond motifs is 1. The first kappa shape index (κ1) is 10.0. The highest BCUT2D eigenvalue weighted by Crippen LogP contribution is 2.40. The molecule has 1 amide bonds. The maximum Gasteiger partial charge on any atom is 0.233 e. The van der Waals surface area contributed by atoms with Crippen LogP contribution in [0.5, 0.6) is 0 Å². The lowest BCUT2D eigenvalue weighted by atomic mass is 10.1. The Labute approximate surface area is 97.3 Å². The highest BCUT2D eigenvalue weighted by atomic mass is 16.4. The van der Waals surface area contributed by atoms with Crippen LogP contribution in [0.1, 0.15) is 23.4 Å². The number of anilines is 1. The van der Waals surface area contributed by atoms with Gasteiger partial charge in [0, 0.05) is 6.42 Å². The van der Waals surface area contributed by atoms with Crippen molar-refractivity contribution >= 4 is 12.3 Å². The number of aromatic nitrogens is 1. The van der Waals surface area contributed by atoms with Crippen molar-refractivity contribution in [3.05, 3.63) is 47.5 Å². The van der Waals surface area contributed by atoms with E-state index in [9.17, 15) is 9.90 Å². The second-order valence-corrected chi connectivity index (χ2v) is 3.85. The van der Waals surface area contributed by atoms with Gasteiger partial charge >= 0.3 is 0 Å². The summed E-state index contributed by atoms with van der Waals surface area (Å²) < 4.78 is 5.40. The molecule has 2 aromatic rings. The Morgan fingerprint density at radius 1 is 1.41 bits per heavy atom. The molecule has 5 nitrogen and oxygen atoms in total. The molecule has 0 radical (unpaired) electrons. The van der Waals surface area contributed by atoms with E-state index in [1.807, 2.05) is 30.3 Å². The number of rotatable bonds is 3. The number of amides is 1. The van der Waals surface area contributed by atoms with E-state index in [1.54, 1.807) is 0 Å². The molecule has 1 unspecified atom stereocenters. The van der Waals surface area contributed by atoms with Gasteiger partial charge < -0.3 is 9.52 Å². The van der Waals surface area contributed by atoms with Crippen LogP contribution in [0, 0.1) is 0 Å². The summed E-state index contributed by atoms with van der Waals surface area (Å²) in [6.07, 6.45) is 0.119. The van der Waals surface area contributed by atoms with E-state index < -0.39 is 6.23 Å². The predicted molar refractivity (Wildman–Crippen MR) is 59.3 cm³/mol. The Kier molecular flexibility index (Phi) is 2.19. The van der Waals surface area contributed by atoms with Crippen LogP contribution in [0.4, 0.5) is 5.88 Å². The van der Waals surface area contributed by atoms with Gasteiger partial charge in [0.25, 0.3) is 0 Å². The van der Waals surface area contributed by atoms with E-state index in [0.29, 0.717) is 30.3 Å². The molecule has 0 saturated carbocycles. The van der Waals surface area contributed by atoms with Crippen LogP contribution in [0.3, 0.4) is 0 Å². The van der Waals surface area contributed by atoms with Gasteiger partial charge in [-0.15, -0.1) is 0 Å². The van der Waals surface area contributed by atoms with Crippen molar-refractivity contribution in [1.29, 1.82) is 0 Å². The standard InChI is InChI=1S/C12H10N2O3/c15-7-14-11(16)10-12(14)17-9(13-10)6-8-4-2-1-3-5-8/h1-5,7,11,16H,6H2. The normalized spacial score (nSPS) is 17.5. The maximum atomic E-state index is 10.6. The van der Waals surface area contributed by atoms with Gasteiger partial charge in [-0.1, -0.05) is 30.3 Å². The second-order valence-electron chi connectivity index (χ2n) is 3.85. The number of hydrogen-bond donors (Lipinski definition) is 1. The molecule has 1 aromatic heterocycles. The highest BCUT2D eigenvalue weighted by Gasteiger charge is 2.39. The van der Waals surface area contributed by atoms with Gasteiger partial charge in [-0.05, 0) is 5.56 Å². The van der Waals surface area contributed by atoms with Crippen LogP contribution in [0.25, 0.3) is 0 Å². The third-order valence-electron chi connectivity index (χ3n) is 2.73. The van der Waals surface area contributed by atoms with Crippen LogP contribution in [-0.4, -0.2) is 16.5 Å². The summed E-state index contributed by atoms with van der Waals surface area (Å²) in [4.78, 5) is 15.9. The summed E-state index contributed by atoms with van der Waals surface area (Å²) >= 11 is 0. The fraction of sp³-hybridized carbons (Fsp3) is 0.167. The number of oxazole rings is 1. The molecule has 0 spiro atoms. The molecular weight excluding hydrogens is 220 g/mol. The molecule has 2 heterocycles. The van der Waals surface area contributed by atoms with Crippen LogP contribution < -0.4 is 4.90 Å². The number of aliphatic hydroxyl groups is 1. The van der Waals surface area contributed by atoms with Gasteiger partial charge in [-0.2, -0.15) is 0 Å². The summed E-state index contributed by atoms with van der Waals surface area (Å²) in [6.45, 7) is 0. The van der Waals surface area contributed by atoms with E-state index in [1.165, 1.54) is 0 Å². The van der Waals surface area contributed by atoms with E-state index in [-0.39, 0.29) is 0 Å². The number of aliphatic hydroxyl groups excluding tert-OH is 1. The largest absolute Gasteiger partial charge is 0.424 e. The summed E-state index contributed by atoms with van der Waals surface area (Å²) in [5.41, 5.74) is 1.50. The molecule has 17 heavy (non-hydrogen) atoms. The van der Waals surface area contributed by atoms with Crippen LogP contribution in [-0.2, 0) is 11.2 Å². The first-order chi connectivity index (χ1) is 8.29. The fourth-order valence-corrected chi connectivity index (χ4v) is 1.85. The van der Waals surface area contributed by atoms with E-state index >= 15 is 0 Å². The van der Waals surface area contributed by atoms with Gasteiger partial charge in [0.05, 0.1) is 0 Å². The van der Waals surface area contributed by atoms with Gasteiger partial charge in [0.1, 0.15) is 0 Å². The minimum atomic E-state index is -0.962. The number of nitrogens with zero attached hydrogens (tertiary/aromatic N) is 2. The molecule has 0 saturated heterocycles. The Bertz CT molecular complexity index is 550. The van der Waals surface area contributed by atoms with Crippen LogP contribution in [0.2, 0.25) is 0 Å². The minimum absolute atomic E-state index is 0.346. The van der Waals surface area contributed by atoms with Crippen molar-refractivity contribution in [2.45, 2.75) is 12.6 Å². The molecule has 0 bridgehead atoms. The lowest BCUT2D eigenvalue weighted by Gasteiger charge is -2.28. The van der Waals surface area contributed by atoms with Gasteiger partial charge in [-0.3, -0.25) is 9.69 Å². The Balaban J connectivity index is 1.85. The van der Waals surface area contributed by atoms with Gasteiger partial charge in [0.15, 0.2) is 11.9 Å². The molecule has 0 aliphatic carbocycles. The molecule has 3 rings (SSSR count). The zero-order valence-corrected chi connectivity index (χ0v) is 8.91. The molecule has 0 fully saturated rings. The van der Waals surface area contributed by atoms with E-state index in [2.05, 4.69) is 4.98 Å². The molecule has 5 heteroatoms. The smallest absolute Gasteiger partial charge is 0.233 e. The van der Waals surface area contributed by atoms with Crippen molar-refractivity contribution in [2.24, 2.45) is 0 Å². The van der Waals surface area contributed by atoms with Crippen molar-refractivity contribution in [3.63, 3.8) is 0 Å². The van der Waals surface area contributed by atoms with E-state index in [0.717, 1.165) is 10.5 Å². The van der Waals surface area contributed by atoms with Crippen molar-refractivity contribution in [3.8, 4) is 0 Å². The average molecular weight is 230 g/mol. The summed E-state index contributed by atoms with van der Waals surface area (Å²) in [5.74, 6) is 0.850. The highest BCUT2D eigenvalue weighted by molar-refractivity contribution is 5.80. The molecule has 1 atom stereocenters. The number of carbonyl (C=O) groups excluding carboxylic acids is 1. The second kappa shape index (κ2) is 3.71. The third kappa shape index (κ3) is 1.52. The summed E-state index contributed by atoms with van der Waals surface area (Å²) in [7, 11) is 0. The van der Waals surface area contributed by atoms with Crippen LogP contribution in [0.15, 0.2) is 34.7 Å². The van der Waals surface area contributed by atoms with Crippen molar-refractivity contribution in [2.75, 3.05) is 4.90 Å². The SMILES string of the molecule is O=CN1c2oc(Cc3ccccc3)nc2C1O. The molecule has 1 aliphatic rings. The average Bonchev–Trinajstić information content (AvgIpc) is 2.71. The quantitative estimate of drug-likeness (QED) is 0.805. The first-order valence-electron chi connectivity index (χ1n) is 5.25. The molecule has 1 aliphatic heterocycles. The number of hydrogen-bond acceptors (Lipinski definition) is 4. The lowest BCUT2D eigenvalue weighted by Crippen LogP contribution is -2.36. The summed E-state index contributed by atoms with van der Waals surface area (Å²) in [6, 6.07) is 9.75. The maximum absolute atomic E-state index is 10.6. The summed E-state index contributed by atoms with van der Waals surface area (Å²) in [5, 5.41) is 9.51. The molecule has 1 aromatic carbocycles. The number of carbonyl (C=O) groups is 1. The van der Waals surface area contributed by atoms with Gasteiger partial charge in [-0.25, -0.2) is 4.98 Å². The minimum Gasteiger partial charge on any atom is -0.424 e. The zero-order valence-electron chi connectivity index (χ0n) is 8.91. The molecular formula is C12H10N2O3. The first-order valence-corrected chi connectivity index (χ1v) is 5.25. The molecule has 86 valence electrons. The van der Waals surface area contributed by atoms with Crippen molar-refractivity contribution in [1.82, 2.24) is 4.98 Å². The Morgan fingerprint density at radius 3 is 2.88 bits per heavy atom. The van der Waals surface area contributed by atoms with Crippen LogP contribution >= 0.6 is 0 Å². The van der Waals surface area contributed by atoms with E-state index in [4.69, 9.17) is 4.42 Å². The Morgan fingerprint density at radius 2 is 2.18 bits per heavy atom. The zero-order chi connectivity index (χ0) is 11.8. The van der Waals surface area contributed by atoms with Crippen molar-refractivity contribution < 1.29 is 14.3 Å². The monoisotopic (exact) mass is 230 g/mol. The topological polar surface area (TPSA) is 66.6 Å². The lowest BCUT2D eigenvalue weighted by molar-refractivity contribution is -0.110. The fourth-order valence-electron chi connectivity index (χ4n) is 1.85. The van der Waals surface area contributed by atoms with Gasteiger partial charge in [0.2, 0.25) is 18.2 Å². The predicted octanol–water partition coefficient (Wildman–Crippen LogP) is 1.23. The third-order valence-corrected chi connectivity index (χ3v) is 2.73. The Hall–Kier alpha value is -2.14.